The van der Waals surface area contributed by atoms with Crippen LogP contribution in [0.4, 0.5) is 4.39 Å². The first-order valence-corrected chi connectivity index (χ1v) is 10.4. The standard InChI is InChI=1S/C21H20FN3O3S/c22-18-8-10-19(11-9-18)29(27,28)25-20(13-16-5-2-1-3-6-16)21(26)24-15-17-7-4-12-23-14-17/h1-12,14,20,25H,13,15H2,(H,24,26)/t20-/m0/s1. The first-order valence-electron chi connectivity index (χ1n) is 8.92. The number of carbonyl (C=O) groups excluding carboxylic acids is 1. The molecule has 0 unspecified atom stereocenters. The number of hydrogen-bond donors (Lipinski definition) is 2. The fraction of sp³-hybridized carbons (Fsp3) is 0.143. The molecule has 6 nitrogen and oxygen atoms in total. The van der Waals surface area contributed by atoms with Crippen LogP contribution in [0.25, 0.3) is 0 Å². The monoisotopic (exact) mass is 413 g/mol. The lowest BCUT2D eigenvalue weighted by molar-refractivity contribution is -0.122. The molecule has 150 valence electrons. The zero-order valence-electron chi connectivity index (χ0n) is 15.5. The molecule has 0 fully saturated rings. The molecule has 0 aliphatic carbocycles. The number of benzene rings is 2. The zero-order valence-corrected chi connectivity index (χ0v) is 16.3. The lowest BCUT2D eigenvalue weighted by Crippen LogP contribution is -2.47. The molecule has 0 bridgehead atoms. The molecule has 0 spiro atoms. The Labute approximate surface area is 168 Å². The second-order valence-corrected chi connectivity index (χ2v) is 8.11. The maximum Gasteiger partial charge on any atom is 0.241 e. The van der Waals surface area contributed by atoms with Gasteiger partial charge in [-0.15, -0.1) is 0 Å². The van der Waals surface area contributed by atoms with E-state index in [-0.39, 0.29) is 17.9 Å². The summed E-state index contributed by atoms with van der Waals surface area (Å²) in [5.41, 5.74) is 1.59. The third-order valence-corrected chi connectivity index (χ3v) is 5.70. The van der Waals surface area contributed by atoms with Crippen molar-refractivity contribution in [1.29, 1.82) is 0 Å². The second-order valence-electron chi connectivity index (χ2n) is 6.40. The fourth-order valence-corrected chi connectivity index (χ4v) is 3.92. The molecular formula is C21H20FN3O3S. The highest BCUT2D eigenvalue weighted by Crippen LogP contribution is 2.12. The van der Waals surface area contributed by atoms with Gasteiger partial charge in [0, 0.05) is 18.9 Å². The Kier molecular flexibility index (Phi) is 6.69. The van der Waals surface area contributed by atoms with Gasteiger partial charge < -0.3 is 5.32 Å². The highest BCUT2D eigenvalue weighted by molar-refractivity contribution is 7.89. The minimum atomic E-state index is -4.01. The highest BCUT2D eigenvalue weighted by Gasteiger charge is 2.26. The first kappa shape index (κ1) is 20.6. The highest BCUT2D eigenvalue weighted by atomic mass is 32.2. The van der Waals surface area contributed by atoms with Crippen LogP contribution in [0.5, 0.6) is 0 Å². The Balaban J connectivity index is 1.78. The Morgan fingerprint density at radius 2 is 1.66 bits per heavy atom. The summed E-state index contributed by atoms with van der Waals surface area (Å²) in [5.74, 6) is -1.01. The molecule has 1 aromatic heterocycles. The number of carbonyl (C=O) groups is 1. The fourth-order valence-electron chi connectivity index (χ4n) is 2.72. The van der Waals surface area contributed by atoms with Gasteiger partial charge in [-0.25, -0.2) is 12.8 Å². The van der Waals surface area contributed by atoms with Crippen molar-refractivity contribution in [1.82, 2.24) is 15.0 Å². The van der Waals surface area contributed by atoms with Gasteiger partial charge in [-0.3, -0.25) is 9.78 Å². The Morgan fingerprint density at radius 3 is 2.31 bits per heavy atom. The number of pyridine rings is 1. The van der Waals surface area contributed by atoms with Crippen molar-refractivity contribution in [2.75, 3.05) is 0 Å². The smallest absolute Gasteiger partial charge is 0.241 e. The van der Waals surface area contributed by atoms with Crippen molar-refractivity contribution in [2.24, 2.45) is 0 Å². The van der Waals surface area contributed by atoms with E-state index in [1.807, 2.05) is 36.4 Å². The maximum absolute atomic E-state index is 13.1. The third kappa shape index (κ3) is 5.94. The molecule has 0 saturated heterocycles. The number of aromatic nitrogens is 1. The Bertz CT molecular complexity index is 1040. The maximum atomic E-state index is 13.1. The number of rotatable bonds is 8. The summed E-state index contributed by atoms with van der Waals surface area (Å²) in [6.45, 7) is 0.218. The molecule has 29 heavy (non-hydrogen) atoms. The van der Waals surface area contributed by atoms with Crippen molar-refractivity contribution in [3.05, 3.63) is 96.1 Å². The zero-order chi connectivity index (χ0) is 20.7. The number of amides is 1. The molecule has 1 atom stereocenters. The summed E-state index contributed by atoms with van der Waals surface area (Å²) < 4.78 is 41.0. The normalized spacial score (nSPS) is 12.3. The van der Waals surface area contributed by atoms with Crippen molar-refractivity contribution in [3.63, 3.8) is 0 Å². The summed E-state index contributed by atoms with van der Waals surface area (Å²) in [5, 5.41) is 2.74. The van der Waals surface area contributed by atoms with E-state index in [4.69, 9.17) is 0 Å². The molecule has 1 heterocycles. The van der Waals surface area contributed by atoms with Crippen molar-refractivity contribution in [2.45, 2.75) is 23.9 Å². The van der Waals surface area contributed by atoms with Crippen LogP contribution in [0.1, 0.15) is 11.1 Å². The largest absolute Gasteiger partial charge is 0.351 e. The Morgan fingerprint density at radius 1 is 0.966 bits per heavy atom. The van der Waals surface area contributed by atoms with Crippen molar-refractivity contribution >= 4 is 15.9 Å². The van der Waals surface area contributed by atoms with Gasteiger partial charge in [0.25, 0.3) is 0 Å². The van der Waals surface area contributed by atoms with Crippen molar-refractivity contribution in [3.8, 4) is 0 Å². The minimum Gasteiger partial charge on any atom is -0.351 e. The predicted molar refractivity (Wildman–Crippen MR) is 107 cm³/mol. The van der Waals surface area contributed by atoms with Gasteiger partial charge in [-0.05, 0) is 47.9 Å². The molecular weight excluding hydrogens is 393 g/mol. The van der Waals surface area contributed by atoms with E-state index in [1.54, 1.807) is 18.5 Å². The number of nitrogens with one attached hydrogen (secondary N) is 2. The number of halogens is 1. The summed E-state index contributed by atoms with van der Waals surface area (Å²) in [7, 11) is -4.01. The van der Waals surface area contributed by atoms with Gasteiger partial charge >= 0.3 is 0 Å². The van der Waals surface area contributed by atoms with E-state index >= 15 is 0 Å². The van der Waals surface area contributed by atoms with Crippen LogP contribution in [-0.4, -0.2) is 25.4 Å². The lowest BCUT2D eigenvalue weighted by atomic mass is 10.1. The summed E-state index contributed by atoms with van der Waals surface area (Å²) in [6.07, 6.45) is 3.41. The molecule has 2 N–H and O–H groups in total. The quantitative estimate of drug-likeness (QED) is 0.594. The summed E-state index contributed by atoms with van der Waals surface area (Å²) in [4.78, 5) is 16.6. The molecule has 3 aromatic rings. The van der Waals surface area contributed by atoms with Gasteiger partial charge in [-0.1, -0.05) is 36.4 Å². The molecule has 0 aliphatic heterocycles. The lowest BCUT2D eigenvalue weighted by Gasteiger charge is -2.19. The van der Waals surface area contributed by atoms with Crippen LogP contribution in [-0.2, 0) is 27.8 Å². The average molecular weight is 413 g/mol. The van der Waals surface area contributed by atoms with Gasteiger partial charge in [0.1, 0.15) is 11.9 Å². The Hall–Kier alpha value is -3.10. The van der Waals surface area contributed by atoms with Crippen LogP contribution in [0.15, 0.2) is 84.0 Å². The SMILES string of the molecule is O=C(NCc1cccnc1)[C@H](Cc1ccccc1)NS(=O)(=O)c1ccc(F)cc1. The van der Waals surface area contributed by atoms with E-state index in [0.29, 0.717) is 0 Å². The number of sulfonamides is 1. The molecule has 3 rings (SSSR count). The van der Waals surface area contributed by atoms with Gasteiger partial charge in [0.15, 0.2) is 0 Å². The van der Waals surface area contributed by atoms with E-state index < -0.39 is 27.8 Å². The van der Waals surface area contributed by atoms with Gasteiger partial charge in [0.05, 0.1) is 4.90 Å². The van der Waals surface area contributed by atoms with E-state index in [0.717, 1.165) is 35.4 Å². The third-order valence-electron chi connectivity index (χ3n) is 4.21. The molecule has 0 aliphatic rings. The summed E-state index contributed by atoms with van der Waals surface area (Å²) in [6, 6.07) is 16.0. The van der Waals surface area contributed by atoms with E-state index in [2.05, 4.69) is 15.0 Å². The van der Waals surface area contributed by atoms with Crippen LogP contribution in [0.3, 0.4) is 0 Å². The van der Waals surface area contributed by atoms with Crippen LogP contribution in [0, 0.1) is 5.82 Å². The molecule has 8 heteroatoms. The van der Waals surface area contributed by atoms with Gasteiger partial charge in [-0.2, -0.15) is 4.72 Å². The number of nitrogens with zero attached hydrogens (tertiary/aromatic N) is 1. The predicted octanol–water partition coefficient (Wildman–Crippen LogP) is 2.43. The summed E-state index contributed by atoms with van der Waals surface area (Å²) >= 11 is 0. The molecule has 0 saturated carbocycles. The topological polar surface area (TPSA) is 88.2 Å². The molecule has 0 radical (unpaired) electrons. The molecule has 1 amide bonds. The average Bonchev–Trinajstić information content (AvgIpc) is 2.73. The minimum absolute atomic E-state index is 0.114. The number of hydrogen-bond acceptors (Lipinski definition) is 4. The van der Waals surface area contributed by atoms with E-state index in [9.17, 15) is 17.6 Å². The van der Waals surface area contributed by atoms with Crippen molar-refractivity contribution < 1.29 is 17.6 Å². The first-order chi connectivity index (χ1) is 13.9. The van der Waals surface area contributed by atoms with Crippen LogP contribution < -0.4 is 10.0 Å². The van der Waals surface area contributed by atoms with Gasteiger partial charge in [0.2, 0.25) is 15.9 Å². The van der Waals surface area contributed by atoms with Crippen LogP contribution >= 0.6 is 0 Å². The molecule has 2 aromatic carbocycles. The van der Waals surface area contributed by atoms with Crippen LogP contribution in [0.2, 0.25) is 0 Å². The van der Waals surface area contributed by atoms with E-state index in [1.165, 1.54) is 0 Å². The second kappa shape index (κ2) is 9.40.